The van der Waals surface area contributed by atoms with Crippen LogP contribution in [-0.4, -0.2) is 21.2 Å². The molecule has 3 aromatic rings. The van der Waals surface area contributed by atoms with E-state index in [1.807, 2.05) is 68.4 Å². The third kappa shape index (κ3) is 4.70. The summed E-state index contributed by atoms with van der Waals surface area (Å²) in [6, 6.07) is 17.1. The first-order chi connectivity index (χ1) is 12.6. The third-order valence-corrected chi connectivity index (χ3v) is 3.41. The van der Waals surface area contributed by atoms with Gasteiger partial charge in [0.25, 0.3) is 0 Å². The maximum Gasteiger partial charge on any atom is 0.180 e. The number of hydrogen-bond donors (Lipinski definition) is 2. The van der Waals surface area contributed by atoms with E-state index >= 15 is 0 Å². The second-order valence-corrected chi connectivity index (χ2v) is 5.89. The van der Waals surface area contributed by atoms with E-state index in [1.165, 1.54) is 0 Å². The molecule has 6 heteroatoms. The van der Waals surface area contributed by atoms with Crippen molar-refractivity contribution in [2.75, 3.05) is 5.32 Å². The average Bonchev–Trinajstić information content (AvgIpc) is 2.65. The van der Waals surface area contributed by atoms with Gasteiger partial charge in [0.15, 0.2) is 17.4 Å². The molecular weight excluding hydrogens is 330 g/mol. The average molecular weight is 351 g/mol. The highest BCUT2D eigenvalue weighted by Gasteiger charge is 2.10. The van der Waals surface area contributed by atoms with Gasteiger partial charge < -0.3 is 19.9 Å². The van der Waals surface area contributed by atoms with Gasteiger partial charge in [-0.1, -0.05) is 18.2 Å². The van der Waals surface area contributed by atoms with Gasteiger partial charge in [-0.25, -0.2) is 9.97 Å². The molecule has 0 bridgehead atoms. The molecule has 26 heavy (non-hydrogen) atoms. The molecule has 0 aliphatic rings. The van der Waals surface area contributed by atoms with Crippen LogP contribution in [0.15, 0.2) is 60.8 Å². The summed E-state index contributed by atoms with van der Waals surface area (Å²) in [5.41, 5.74) is 0.821. The van der Waals surface area contributed by atoms with Gasteiger partial charge in [-0.3, -0.25) is 0 Å². The summed E-state index contributed by atoms with van der Waals surface area (Å²) >= 11 is 0. The molecule has 0 amide bonds. The summed E-state index contributed by atoms with van der Waals surface area (Å²) in [6.07, 6.45) is 1.55. The molecule has 3 rings (SSSR count). The van der Waals surface area contributed by atoms with Crippen molar-refractivity contribution in [2.24, 2.45) is 0 Å². The van der Waals surface area contributed by atoms with E-state index in [9.17, 15) is 5.11 Å². The third-order valence-electron chi connectivity index (χ3n) is 3.41. The standard InChI is InChI=1S/C20H21N3O3/c1-14(2)25-18-12-21-19(13-24)23-20(18)22-15-8-10-17(11-9-15)26-16-6-4-3-5-7-16/h3-12,14,24H,13H2,1-2H3,(H,21,22,23). The molecule has 0 aliphatic heterocycles. The zero-order valence-corrected chi connectivity index (χ0v) is 14.7. The molecule has 0 unspecified atom stereocenters. The second-order valence-electron chi connectivity index (χ2n) is 5.89. The number of aliphatic hydroxyl groups excluding tert-OH is 1. The van der Waals surface area contributed by atoms with Crippen molar-refractivity contribution in [3.05, 3.63) is 66.6 Å². The minimum absolute atomic E-state index is 0.0132. The number of ether oxygens (including phenoxy) is 2. The van der Waals surface area contributed by atoms with Crippen molar-refractivity contribution in [2.45, 2.75) is 26.6 Å². The predicted molar refractivity (Wildman–Crippen MR) is 100.0 cm³/mol. The number of hydrogen-bond acceptors (Lipinski definition) is 6. The summed E-state index contributed by atoms with van der Waals surface area (Å²) in [4.78, 5) is 8.37. The molecule has 134 valence electrons. The molecule has 1 aromatic heterocycles. The predicted octanol–water partition coefficient (Wildman–Crippen LogP) is 4.29. The summed E-state index contributed by atoms with van der Waals surface area (Å²) in [5, 5.41) is 12.5. The maximum atomic E-state index is 9.27. The fraction of sp³-hybridized carbons (Fsp3) is 0.200. The first kappa shape index (κ1) is 17.7. The monoisotopic (exact) mass is 351 g/mol. The van der Waals surface area contributed by atoms with Crippen molar-refractivity contribution in [1.29, 1.82) is 0 Å². The highest BCUT2D eigenvalue weighted by atomic mass is 16.5. The highest BCUT2D eigenvalue weighted by molar-refractivity contribution is 5.62. The van der Waals surface area contributed by atoms with Gasteiger partial charge in [0.05, 0.1) is 12.3 Å². The minimum atomic E-state index is -0.236. The molecule has 0 spiro atoms. The Bertz CT molecular complexity index is 837. The molecule has 0 radical (unpaired) electrons. The number of nitrogens with zero attached hydrogens (tertiary/aromatic N) is 2. The number of anilines is 2. The normalized spacial score (nSPS) is 10.6. The van der Waals surface area contributed by atoms with E-state index < -0.39 is 0 Å². The van der Waals surface area contributed by atoms with Crippen LogP contribution >= 0.6 is 0 Å². The lowest BCUT2D eigenvalue weighted by atomic mass is 10.3. The van der Waals surface area contributed by atoms with Crippen LogP contribution in [0.25, 0.3) is 0 Å². The van der Waals surface area contributed by atoms with Gasteiger partial charge >= 0.3 is 0 Å². The van der Waals surface area contributed by atoms with E-state index in [4.69, 9.17) is 9.47 Å². The number of aliphatic hydroxyl groups is 1. The fourth-order valence-corrected chi connectivity index (χ4v) is 2.28. The van der Waals surface area contributed by atoms with Crippen molar-refractivity contribution in [1.82, 2.24) is 9.97 Å². The number of aromatic nitrogens is 2. The molecule has 0 aliphatic carbocycles. The zero-order chi connectivity index (χ0) is 18.4. The van der Waals surface area contributed by atoms with Crippen molar-refractivity contribution < 1.29 is 14.6 Å². The lowest BCUT2D eigenvalue weighted by molar-refractivity contribution is 0.239. The summed E-state index contributed by atoms with van der Waals surface area (Å²) in [6.45, 7) is 3.62. The molecular formula is C20H21N3O3. The van der Waals surface area contributed by atoms with Crippen LogP contribution in [0.2, 0.25) is 0 Å². The number of nitrogens with one attached hydrogen (secondary N) is 1. The lowest BCUT2D eigenvalue weighted by Gasteiger charge is -2.15. The van der Waals surface area contributed by atoms with Crippen LogP contribution in [0.4, 0.5) is 11.5 Å². The Morgan fingerprint density at radius 1 is 1.00 bits per heavy atom. The van der Waals surface area contributed by atoms with Crippen LogP contribution in [0.5, 0.6) is 17.2 Å². The van der Waals surface area contributed by atoms with Crippen LogP contribution < -0.4 is 14.8 Å². The van der Waals surface area contributed by atoms with Crippen molar-refractivity contribution in [3.63, 3.8) is 0 Å². The lowest BCUT2D eigenvalue weighted by Crippen LogP contribution is -2.10. The number of para-hydroxylation sites is 1. The molecule has 2 N–H and O–H groups in total. The van der Waals surface area contributed by atoms with Crippen molar-refractivity contribution in [3.8, 4) is 17.2 Å². The van der Waals surface area contributed by atoms with Crippen molar-refractivity contribution >= 4 is 11.5 Å². The van der Waals surface area contributed by atoms with Crippen LogP contribution in [0.3, 0.4) is 0 Å². The molecule has 0 atom stereocenters. The largest absolute Gasteiger partial charge is 0.485 e. The van der Waals surface area contributed by atoms with Crippen LogP contribution in [0.1, 0.15) is 19.7 Å². The molecule has 2 aromatic carbocycles. The van der Waals surface area contributed by atoms with Crippen LogP contribution in [0, 0.1) is 0 Å². The summed E-state index contributed by atoms with van der Waals surface area (Å²) in [7, 11) is 0. The first-order valence-corrected chi connectivity index (χ1v) is 8.37. The maximum absolute atomic E-state index is 9.27. The van der Waals surface area contributed by atoms with Gasteiger partial charge in [-0.15, -0.1) is 0 Å². The topological polar surface area (TPSA) is 76.5 Å². The second kappa shape index (κ2) is 8.31. The summed E-state index contributed by atoms with van der Waals surface area (Å²) < 4.78 is 11.5. The fourth-order valence-electron chi connectivity index (χ4n) is 2.28. The van der Waals surface area contributed by atoms with Crippen LogP contribution in [-0.2, 0) is 6.61 Å². The van der Waals surface area contributed by atoms with E-state index in [-0.39, 0.29) is 12.7 Å². The Labute approximate surface area is 152 Å². The number of benzene rings is 2. The highest BCUT2D eigenvalue weighted by Crippen LogP contribution is 2.28. The van der Waals surface area contributed by atoms with Gasteiger partial charge in [-0.05, 0) is 50.2 Å². The molecule has 0 fully saturated rings. The van der Waals surface area contributed by atoms with Gasteiger partial charge in [0, 0.05) is 5.69 Å². The van der Waals surface area contributed by atoms with E-state index in [1.54, 1.807) is 6.20 Å². The Kier molecular flexibility index (Phi) is 5.66. The molecule has 0 saturated heterocycles. The van der Waals surface area contributed by atoms with E-state index in [0.29, 0.717) is 17.4 Å². The summed E-state index contributed by atoms with van der Waals surface area (Å²) in [5.74, 6) is 2.88. The molecule has 0 saturated carbocycles. The first-order valence-electron chi connectivity index (χ1n) is 8.37. The van der Waals surface area contributed by atoms with Gasteiger partial charge in [0.1, 0.15) is 18.1 Å². The minimum Gasteiger partial charge on any atom is -0.485 e. The Balaban J connectivity index is 1.76. The van der Waals surface area contributed by atoms with Gasteiger partial charge in [0.2, 0.25) is 0 Å². The Morgan fingerprint density at radius 2 is 1.69 bits per heavy atom. The SMILES string of the molecule is CC(C)Oc1cnc(CO)nc1Nc1ccc(Oc2ccccc2)cc1. The smallest absolute Gasteiger partial charge is 0.180 e. The Morgan fingerprint density at radius 3 is 2.35 bits per heavy atom. The van der Waals surface area contributed by atoms with E-state index in [2.05, 4.69) is 15.3 Å². The number of rotatable bonds is 7. The quantitative estimate of drug-likeness (QED) is 0.661. The Hall–Kier alpha value is -3.12. The van der Waals surface area contributed by atoms with E-state index in [0.717, 1.165) is 17.2 Å². The molecule has 1 heterocycles. The molecule has 6 nitrogen and oxygen atoms in total. The zero-order valence-electron chi connectivity index (χ0n) is 14.7. The van der Waals surface area contributed by atoms with Gasteiger partial charge in [-0.2, -0.15) is 0 Å².